The van der Waals surface area contributed by atoms with Gasteiger partial charge in [0.25, 0.3) is 0 Å². The third kappa shape index (κ3) is 11.1. The van der Waals surface area contributed by atoms with Crippen LogP contribution in [0.5, 0.6) is 0 Å². The van der Waals surface area contributed by atoms with Gasteiger partial charge >= 0.3 is 0 Å². The number of allylic oxidation sites excluding steroid dienone is 2. The smallest absolute Gasteiger partial charge is 0.219 e. The summed E-state index contributed by atoms with van der Waals surface area (Å²) < 4.78 is 0. The molecule has 0 atom stereocenters. The SMILES string of the molecule is CC1=CC(=O)CC(C)(C)C1.O=C1CCCCCN1.O=C1CCCCCN1. The molecule has 2 fully saturated rings. The van der Waals surface area contributed by atoms with Gasteiger partial charge < -0.3 is 10.6 Å². The zero-order chi connectivity index (χ0) is 19.4. The Morgan fingerprint density at radius 3 is 1.69 bits per heavy atom. The number of amides is 2. The van der Waals surface area contributed by atoms with Crippen molar-refractivity contribution in [2.24, 2.45) is 5.41 Å². The third-order valence-corrected chi connectivity index (χ3v) is 4.62. The Bertz CT molecular complexity index is 465. The first-order valence-corrected chi connectivity index (χ1v) is 10.0. The molecule has 0 radical (unpaired) electrons. The molecule has 5 heteroatoms. The predicted molar refractivity (Wildman–Crippen MR) is 105 cm³/mol. The summed E-state index contributed by atoms with van der Waals surface area (Å²) in [5.74, 6) is 0.735. The summed E-state index contributed by atoms with van der Waals surface area (Å²) in [4.78, 5) is 32.2. The molecule has 26 heavy (non-hydrogen) atoms. The van der Waals surface area contributed by atoms with Crippen LogP contribution < -0.4 is 10.6 Å². The molecule has 0 saturated carbocycles. The van der Waals surface area contributed by atoms with E-state index < -0.39 is 0 Å². The van der Waals surface area contributed by atoms with E-state index in [0.29, 0.717) is 6.42 Å². The van der Waals surface area contributed by atoms with Gasteiger partial charge in [0.1, 0.15) is 0 Å². The standard InChI is InChI=1S/C9H14O.2C6H11NO/c1-7-4-8(10)6-9(2,3)5-7;2*8-6-4-2-1-3-5-7-6/h4H,5-6H2,1-3H3;2*1-5H2,(H,7,8). The molecule has 2 N–H and O–H groups in total. The fourth-order valence-corrected chi connectivity index (χ4v) is 3.47. The number of hydrogen-bond acceptors (Lipinski definition) is 3. The molecule has 3 aliphatic rings. The molecule has 2 saturated heterocycles. The lowest BCUT2D eigenvalue weighted by atomic mass is 9.77. The lowest BCUT2D eigenvalue weighted by Crippen LogP contribution is -2.21. The van der Waals surface area contributed by atoms with Gasteiger partial charge in [0.2, 0.25) is 11.8 Å². The minimum Gasteiger partial charge on any atom is -0.356 e. The third-order valence-electron chi connectivity index (χ3n) is 4.62. The summed E-state index contributed by atoms with van der Waals surface area (Å²) in [5, 5.41) is 5.61. The zero-order valence-electron chi connectivity index (χ0n) is 16.8. The van der Waals surface area contributed by atoms with Crippen molar-refractivity contribution in [3.8, 4) is 0 Å². The second kappa shape index (κ2) is 11.9. The van der Waals surface area contributed by atoms with Gasteiger partial charge in [-0.05, 0) is 50.5 Å². The van der Waals surface area contributed by atoms with Crippen molar-refractivity contribution in [2.75, 3.05) is 13.1 Å². The maximum atomic E-state index is 11.0. The molecule has 0 aromatic heterocycles. The average Bonchev–Trinajstić information content (AvgIpc) is 2.90. The Balaban J connectivity index is 0.000000197. The monoisotopic (exact) mass is 364 g/mol. The Morgan fingerprint density at radius 2 is 1.27 bits per heavy atom. The number of hydrogen-bond donors (Lipinski definition) is 2. The summed E-state index contributed by atoms with van der Waals surface area (Å²) in [6, 6.07) is 0. The van der Waals surface area contributed by atoms with Crippen LogP contribution in [0, 0.1) is 5.41 Å². The molecule has 5 nitrogen and oxygen atoms in total. The van der Waals surface area contributed by atoms with Gasteiger partial charge in [-0.15, -0.1) is 0 Å². The molecule has 3 rings (SSSR count). The normalized spacial score (nSPS) is 22.7. The van der Waals surface area contributed by atoms with Crippen LogP contribution in [0.15, 0.2) is 11.6 Å². The van der Waals surface area contributed by atoms with E-state index in [1.807, 2.05) is 6.92 Å². The summed E-state index contributed by atoms with van der Waals surface area (Å²) in [6.45, 7) is 8.08. The first kappa shape index (κ1) is 22.4. The van der Waals surface area contributed by atoms with Crippen molar-refractivity contribution in [3.63, 3.8) is 0 Å². The molecule has 0 unspecified atom stereocenters. The van der Waals surface area contributed by atoms with Crippen LogP contribution in [-0.4, -0.2) is 30.7 Å². The van der Waals surface area contributed by atoms with E-state index in [4.69, 9.17) is 0 Å². The van der Waals surface area contributed by atoms with Crippen molar-refractivity contribution >= 4 is 17.6 Å². The van der Waals surface area contributed by atoms with Gasteiger partial charge in [-0.1, -0.05) is 32.3 Å². The van der Waals surface area contributed by atoms with E-state index in [1.165, 1.54) is 18.4 Å². The second-order valence-electron chi connectivity index (χ2n) is 8.30. The molecule has 1 aliphatic carbocycles. The zero-order valence-corrected chi connectivity index (χ0v) is 16.8. The van der Waals surface area contributed by atoms with Crippen molar-refractivity contribution in [1.29, 1.82) is 0 Å². The minimum absolute atomic E-state index is 0.204. The van der Waals surface area contributed by atoms with Crippen LogP contribution in [0.3, 0.4) is 0 Å². The highest BCUT2D eigenvalue weighted by Crippen LogP contribution is 2.32. The number of ketones is 1. The molecule has 0 aromatic carbocycles. The summed E-state index contributed by atoms with van der Waals surface area (Å²) >= 11 is 0. The van der Waals surface area contributed by atoms with Gasteiger partial charge in [0, 0.05) is 32.4 Å². The van der Waals surface area contributed by atoms with Gasteiger partial charge in [0.15, 0.2) is 5.78 Å². The highest BCUT2D eigenvalue weighted by atomic mass is 16.2. The first-order valence-electron chi connectivity index (χ1n) is 10.0. The Hall–Kier alpha value is -1.65. The summed E-state index contributed by atoms with van der Waals surface area (Å²) in [7, 11) is 0. The van der Waals surface area contributed by atoms with Gasteiger partial charge in [-0.3, -0.25) is 14.4 Å². The molecule has 0 aromatic rings. The lowest BCUT2D eigenvalue weighted by Gasteiger charge is -2.27. The molecule has 0 bridgehead atoms. The summed E-state index contributed by atoms with van der Waals surface area (Å²) in [6.07, 6.45) is 11.9. The van der Waals surface area contributed by atoms with Crippen LogP contribution in [0.1, 0.15) is 85.0 Å². The topological polar surface area (TPSA) is 75.3 Å². The van der Waals surface area contributed by atoms with Gasteiger partial charge in [-0.25, -0.2) is 0 Å². The number of rotatable bonds is 0. The average molecular weight is 365 g/mol. The lowest BCUT2D eigenvalue weighted by molar-refractivity contribution is -0.121. The maximum Gasteiger partial charge on any atom is 0.219 e. The molecule has 0 spiro atoms. The van der Waals surface area contributed by atoms with Crippen molar-refractivity contribution in [1.82, 2.24) is 10.6 Å². The van der Waals surface area contributed by atoms with Crippen molar-refractivity contribution in [2.45, 2.75) is 85.0 Å². The van der Waals surface area contributed by atoms with Gasteiger partial charge in [-0.2, -0.15) is 0 Å². The van der Waals surface area contributed by atoms with Crippen molar-refractivity contribution in [3.05, 3.63) is 11.6 Å². The highest BCUT2D eigenvalue weighted by molar-refractivity contribution is 5.91. The minimum atomic E-state index is 0.204. The van der Waals surface area contributed by atoms with E-state index in [0.717, 1.165) is 58.0 Å². The van der Waals surface area contributed by atoms with E-state index in [9.17, 15) is 14.4 Å². The Morgan fingerprint density at radius 1 is 0.769 bits per heavy atom. The number of carbonyl (C=O) groups is 3. The quantitative estimate of drug-likeness (QED) is 0.688. The van der Waals surface area contributed by atoms with E-state index in [2.05, 4.69) is 24.5 Å². The van der Waals surface area contributed by atoms with Crippen LogP contribution in [0.25, 0.3) is 0 Å². The summed E-state index contributed by atoms with van der Waals surface area (Å²) in [5.41, 5.74) is 1.43. The van der Waals surface area contributed by atoms with E-state index in [-0.39, 0.29) is 23.0 Å². The van der Waals surface area contributed by atoms with Crippen molar-refractivity contribution < 1.29 is 14.4 Å². The maximum absolute atomic E-state index is 11.0. The molecular weight excluding hydrogens is 328 g/mol. The molecule has 148 valence electrons. The highest BCUT2D eigenvalue weighted by Gasteiger charge is 2.25. The fraction of sp³-hybridized carbons (Fsp3) is 0.762. The van der Waals surface area contributed by atoms with E-state index in [1.54, 1.807) is 6.08 Å². The Labute approximate surface area is 158 Å². The second-order valence-corrected chi connectivity index (χ2v) is 8.30. The van der Waals surface area contributed by atoms with Crippen LogP contribution in [-0.2, 0) is 14.4 Å². The van der Waals surface area contributed by atoms with Crippen LogP contribution in [0.4, 0.5) is 0 Å². The molecule has 2 heterocycles. The molecule has 2 aliphatic heterocycles. The van der Waals surface area contributed by atoms with E-state index >= 15 is 0 Å². The fourth-order valence-electron chi connectivity index (χ4n) is 3.47. The number of nitrogens with one attached hydrogen (secondary N) is 2. The number of carbonyl (C=O) groups excluding carboxylic acids is 3. The van der Waals surface area contributed by atoms with Gasteiger partial charge in [0.05, 0.1) is 0 Å². The first-order chi connectivity index (χ1) is 12.3. The van der Waals surface area contributed by atoms with Crippen LogP contribution >= 0.6 is 0 Å². The molecular formula is C21H36N2O3. The Kier molecular flexibility index (Phi) is 10.2. The largest absolute Gasteiger partial charge is 0.356 e. The molecule has 2 amide bonds. The van der Waals surface area contributed by atoms with Crippen LogP contribution in [0.2, 0.25) is 0 Å². The predicted octanol–water partition coefficient (Wildman–Crippen LogP) is 3.68.